The number of hydrogen-bond acceptors (Lipinski definition) is 5. The molecule has 7 heteroatoms. The van der Waals surface area contributed by atoms with Crippen LogP contribution in [0, 0.1) is 5.92 Å². The van der Waals surface area contributed by atoms with E-state index in [1.165, 1.54) is 0 Å². The Kier molecular flexibility index (Phi) is 4.17. The largest absolute Gasteiger partial charge is 0.354 e. The van der Waals surface area contributed by atoms with Crippen molar-refractivity contribution in [2.45, 2.75) is 19.4 Å². The second-order valence-electron chi connectivity index (χ2n) is 6.64. The van der Waals surface area contributed by atoms with Crippen LogP contribution in [0.1, 0.15) is 23.7 Å². The Morgan fingerprint density at radius 1 is 1.40 bits per heavy atom. The lowest BCUT2D eigenvalue weighted by molar-refractivity contribution is 0.0670. The first-order valence-corrected chi connectivity index (χ1v) is 9.42. The quantitative estimate of drug-likeness (QED) is 0.784. The standard InChI is InChI=1S/C18H21N5OS/c1-12-4-7-23(18(24)13-5-8-25-10-13)9-15(12)22(2)17-14-3-6-19-16(14)20-11-21-17/h3,5-6,8,10-12,15H,4,7,9H2,1-2H3,(H,19,20,21)/t12-,15-/m0/s1. The fourth-order valence-electron chi connectivity index (χ4n) is 3.60. The normalized spacial score (nSPS) is 20.8. The van der Waals surface area contributed by atoms with Crippen molar-refractivity contribution in [1.29, 1.82) is 0 Å². The number of likely N-dealkylation sites (N-methyl/N-ethyl adjacent to an activating group) is 1. The maximum absolute atomic E-state index is 12.7. The Balaban J connectivity index is 1.59. The number of H-pyrrole nitrogens is 1. The molecule has 1 fully saturated rings. The third-order valence-electron chi connectivity index (χ3n) is 5.14. The highest BCUT2D eigenvalue weighted by Crippen LogP contribution is 2.29. The van der Waals surface area contributed by atoms with Gasteiger partial charge in [0.25, 0.3) is 5.91 Å². The van der Waals surface area contributed by atoms with Gasteiger partial charge < -0.3 is 14.8 Å². The van der Waals surface area contributed by atoms with Gasteiger partial charge >= 0.3 is 0 Å². The minimum absolute atomic E-state index is 0.126. The second-order valence-corrected chi connectivity index (χ2v) is 7.42. The van der Waals surface area contributed by atoms with E-state index in [4.69, 9.17) is 0 Å². The lowest BCUT2D eigenvalue weighted by Crippen LogP contribution is -2.52. The summed E-state index contributed by atoms with van der Waals surface area (Å²) in [6.07, 6.45) is 4.46. The monoisotopic (exact) mass is 355 g/mol. The first kappa shape index (κ1) is 16.1. The molecular formula is C18H21N5OS. The van der Waals surface area contributed by atoms with Crippen LogP contribution in [0.3, 0.4) is 0 Å². The number of hydrogen-bond donors (Lipinski definition) is 1. The van der Waals surface area contributed by atoms with E-state index in [9.17, 15) is 4.79 Å². The SMILES string of the molecule is C[C@H]1CCN(C(=O)c2ccsc2)C[C@@H]1N(C)c1ncnc2[nH]ccc12. The van der Waals surface area contributed by atoms with Gasteiger partial charge in [0.1, 0.15) is 17.8 Å². The van der Waals surface area contributed by atoms with Gasteiger partial charge in [0.15, 0.2) is 0 Å². The maximum Gasteiger partial charge on any atom is 0.254 e. The predicted molar refractivity (Wildman–Crippen MR) is 100 cm³/mol. The van der Waals surface area contributed by atoms with E-state index in [1.54, 1.807) is 17.7 Å². The maximum atomic E-state index is 12.7. The summed E-state index contributed by atoms with van der Waals surface area (Å²) in [6, 6.07) is 4.13. The fourth-order valence-corrected chi connectivity index (χ4v) is 4.23. The lowest BCUT2D eigenvalue weighted by atomic mass is 9.92. The van der Waals surface area contributed by atoms with Crippen LogP contribution in [0.25, 0.3) is 11.0 Å². The molecule has 6 nitrogen and oxygen atoms in total. The minimum Gasteiger partial charge on any atom is -0.354 e. The molecule has 0 radical (unpaired) electrons. The van der Waals surface area contributed by atoms with Crippen molar-refractivity contribution >= 4 is 34.1 Å². The zero-order chi connectivity index (χ0) is 17.4. The Labute approximate surface area is 150 Å². The van der Waals surface area contributed by atoms with Crippen LogP contribution >= 0.6 is 11.3 Å². The molecule has 3 aromatic heterocycles. The molecule has 1 amide bonds. The second kappa shape index (κ2) is 6.48. The van der Waals surface area contributed by atoms with Crippen LogP contribution < -0.4 is 4.90 Å². The Hall–Kier alpha value is -2.41. The van der Waals surface area contributed by atoms with Gasteiger partial charge in [-0.1, -0.05) is 6.92 Å². The molecule has 0 aromatic carbocycles. The highest BCUT2D eigenvalue weighted by Gasteiger charge is 2.33. The van der Waals surface area contributed by atoms with Crippen molar-refractivity contribution in [1.82, 2.24) is 19.9 Å². The number of carbonyl (C=O) groups excluding carboxylic acids is 1. The molecule has 4 rings (SSSR count). The minimum atomic E-state index is 0.126. The van der Waals surface area contributed by atoms with Crippen LogP contribution in [0.4, 0.5) is 5.82 Å². The Morgan fingerprint density at radius 3 is 3.08 bits per heavy atom. The molecule has 3 aromatic rings. The summed E-state index contributed by atoms with van der Waals surface area (Å²) in [5.41, 5.74) is 1.63. The molecule has 1 aliphatic heterocycles. The molecule has 1 N–H and O–H groups in total. The zero-order valence-electron chi connectivity index (χ0n) is 14.3. The lowest BCUT2D eigenvalue weighted by Gasteiger charge is -2.42. The van der Waals surface area contributed by atoms with Crippen molar-refractivity contribution in [3.63, 3.8) is 0 Å². The van der Waals surface area contributed by atoms with Crippen molar-refractivity contribution in [2.24, 2.45) is 5.92 Å². The van der Waals surface area contributed by atoms with Gasteiger partial charge in [-0.15, -0.1) is 0 Å². The molecule has 4 heterocycles. The van der Waals surface area contributed by atoms with Crippen LogP contribution in [0.15, 0.2) is 35.4 Å². The van der Waals surface area contributed by atoms with Gasteiger partial charge in [0, 0.05) is 31.7 Å². The van der Waals surface area contributed by atoms with E-state index in [-0.39, 0.29) is 11.9 Å². The summed E-state index contributed by atoms with van der Waals surface area (Å²) >= 11 is 1.56. The highest BCUT2D eigenvalue weighted by atomic mass is 32.1. The number of anilines is 1. The van der Waals surface area contributed by atoms with E-state index in [2.05, 4.69) is 33.8 Å². The van der Waals surface area contributed by atoms with Crippen molar-refractivity contribution < 1.29 is 4.79 Å². The summed E-state index contributed by atoms with van der Waals surface area (Å²) < 4.78 is 0. The molecule has 0 bridgehead atoms. The van der Waals surface area contributed by atoms with E-state index in [1.807, 2.05) is 34.0 Å². The van der Waals surface area contributed by atoms with Crippen molar-refractivity contribution in [3.8, 4) is 0 Å². The van der Waals surface area contributed by atoms with Gasteiger partial charge in [0.2, 0.25) is 0 Å². The number of amides is 1. The molecule has 0 aliphatic carbocycles. The van der Waals surface area contributed by atoms with E-state index < -0.39 is 0 Å². The molecule has 1 aliphatic rings. The van der Waals surface area contributed by atoms with E-state index in [0.29, 0.717) is 12.5 Å². The number of piperidine rings is 1. The Bertz CT molecular complexity index is 875. The van der Waals surface area contributed by atoms with Crippen LogP contribution in [0.5, 0.6) is 0 Å². The number of thiophene rings is 1. The van der Waals surface area contributed by atoms with Crippen LogP contribution in [-0.4, -0.2) is 51.9 Å². The predicted octanol–water partition coefficient (Wildman–Crippen LogP) is 3.01. The van der Waals surface area contributed by atoms with Gasteiger partial charge in [-0.2, -0.15) is 11.3 Å². The average Bonchev–Trinajstić information content (AvgIpc) is 3.32. The smallest absolute Gasteiger partial charge is 0.254 e. The number of aromatic amines is 1. The number of nitrogens with zero attached hydrogens (tertiary/aromatic N) is 4. The van der Waals surface area contributed by atoms with Crippen LogP contribution in [-0.2, 0) is 0 Å². The first-order valence-electron chi connectivity index (χ1n) is 8.47. The summed E-state index contributed by atoms with van der Waals surface area (Å²) in [5.74, 6) is 1.52. The number of likely N-dealkylation sites (tertiary alicyclic amines) is 1. The van der Waals surface area contributed by atoms with Crippen molar-refractivity contribution in [3.05, 3.63) is 41.0 Å². The van der Waals surface area contributed by atoms with Gasteiger partial charge in [0.05, 0.1) is 17.0 Å². The van der Waals surface area contributed by atoms with E-state index >= 15 is 0 Å². The summed E-state index contributed by atoms with van der Waals surface area (Å²) in [4.78, 5) is 28.8. The summed E-state index contributed by atoms with van der Waals surface area (Å²) in [5, 5.41) is 4.89. The molecule has 130 valence electrons. The van der Waals surface area contributed by atoms with Crippen LogP contribution in [0.2, 0.25) is 0 Å². The van der Waals surface area contributed by atoms with Gasteiger partial charge in [-0.05, 0) is 29.9 Å². The number of aromatic nitrogens is 3. The summed E-state index contributed by atoms with van der Waals surface area (Å²) in [6.45, 7) is 3.77. The molecule has 2 atom stereocenters. The topological polar surface area (TPSA) is 65.1 Å². The first-order chi connectivity index (χ1) is 12.1. The summed E-state index contributed by atoms with van der Waals surface area (Å²) in [7, 11) is 2.06. The highest BCUT2D eigenvalue weighted by molar-refractivity contribution is 7.08. The Morgan fingerprint density at radius 2 is 2.28 bits per heavy atom. The van der Waals surface area contributed by atoms with E-state index in [0.717, 1.165) is 35.4 Å². The average molecular weight is 355 g/mol. The molecule has 0 spiro atoms. The zero-order valence-corrected chi connectivity index (χ0v) is 15.2. The number of nitrogens with one attached hydrogen (secondary N) is 1. The molecule has 1 saturated heterocycles. The number of rotatable bonds is 3. The third kappa shape index (κ3) is 2.89. The molecular weight excluding hydrogens is 334 g/mol. The molecule has 0 saturated carbocycles. The van der Waals surface area contributed by atoms with Crippen molar-refractivity contribution in [2.75, 3.05) is 25.0 Å². The van der Waals surface area contributed by atoms with Gasteiger partial charge in [-0.3, -0.25) is 4.79 Å². The molecule has 25 heavy (non-hydrogen) atoms. The van der Waals surface area contributed by atoms with Gasteiger partial charge in [-0.25, -0.2) is 9.97 Å². The number of carbonyl (C=O) groups is 1. The third-order valence-corrected chi connectivity index (χ3v) is 5.82. The number of fused-ring (bicyclic) bond motifs is 1. The molecule has 0 unspecified atom stereocenters. The fraction of sp³-hybridized carbons (Fsp3) is 0.389.